The Bertz CT molecular complexity index is 682. The number of hydrogen-bond donors (Lipinski definition) is 1. The molecule has 122 valence electrons. The molecule has 2 aromatic rings. The molecule has 0 aliphatic carbocycles. The number of aryl methyl sites for hydroxylation is 2. The van der Waals surface area contributed by atoms with Crippen molar-refractivity contribution in [2.24, 2.45) is 5.92 Å². The van der Waals surface area contributed by atoms with Crippen LogP contribution in [-0.4, -0.2) is 28.9 Å². The van der Waals surface area contributed by atoms with Gasteiger partial charge in [0.2, 0.25) is 0 Å². The van der Waals surface area contributed by atoms with E-state index < -0.39 is 0 Å². The third kappa shape index (κ3) is 3.91. The number of nitrogens with one attached hydrogen (secondary N) is 1. The van der Waals surface area contributed by atoms with Crippen molar-refractivity contribution in [1.29, 1.82) is 0 Å². The van der Waals surface area contributed by atoms with Gasteiger partial charge in [0.05, 0.1) is 0 Å². The van der Waals surface area contributed by atoms with Gasteiger partial charge in [-0.25, -0.2) is 4.98 Å². The lowest BCUT2D eigenvalue weighted by Crippen LogP contribution is -2.38. The Labute approximate surface area is 141 Å². The maximum absolute atomic E-state index is 12.5. The quantitative estimate of drug-likeness (QED) is 0.909. The summed E-state index contributed by atoms with van der Waals surface area (Å²) in [5.74, 6) is 0.776. The third-order valence-corrected chi connectivity index (χ3v) is 5.02. The van der Waals surface area contributed by atoms with E-state index in [1.165, 1.54) is 22.5 Å². The number of carbonyl (C=O) groups is 1. The van der Waals surface area contributed by atoms with Crippen molar-refractivity contribution in [3.05, 3.63) is 40.4 Å². The highest BCUT2D eigenvalue weighted by Crippen LogP contribution is 2.24. The molecule has 3 rings (SSSR count). The lowest BCUT2D eigenvalue weighted by Gasteiger charge is -2.29. The van der Waals surface area contributed by atoms with Crippen molar-refractivity contribution >= 4 is 28.1 Å². The molecule has 1 aliphatic heterocycles. The van der Waals surface area contributed by atoms with Gasteiger partial charge in [0, 0.05) is 24.2 Å². The molecule has 0 unspecified atom stereocenters. The van der Waals surface area contributed by atoms with Crippen LogP contribution in [0, 0.1) is 19.8 Å². The van der Waals surface area contributed by atoms with Crippen LogP contribution in [-0.2, 0) is 0 Å². The van der Waals surface area contributed by atoms with Gasteiger partial charge in [-0.15, -0.1) is 11.3 Å². The van der Waals surface area contributed by atoms with Crippen LogP contribution in [0.4, 0.5) is 10.8 Å². The zero-order valence-corrected chi connectivity index (χ0v) is 14.7. The molecule has 4 nitrogen and oxygen atoms in total. The minimum absolute atomic E-state index is 0.0571. The van der Waals surface area contributed by atoms with Gasteiger partial charge in [0.1, 0.15) is 5.69 Å². The number of piperidine rings is 1. The standard InChI is InChI=1S/C18H23N3OS/c1-12-4-6-21(7-5-12)17(22)16-11-23-18(20-16)19-15-9-13(2)8-14(3)10-15/h8-12H,4-7H2,1-3H3,(H,19,20). The first kappa shape index (κ1) is 16.0. The lowest BCUT2D eigenvalue weighted by molar-refractivity contribution is 0.0692. The van der Waals surface area contributed by atoms with Gasteiger partial charge < -0.3 is 10.2 Å². The molecule has 1 aliphatic rings. The highest BCUT2D eigenvalue weighted by Gasteiger charge is 2.23. The summed E-state index contributed by atoms with van der Waals surface area (Å²) in [6.45, 7) is 8.09. The molecule has 1 amide bonds. The van der Waals surface area contributed by atoms with Gasteiger partial charge in [-0.2, -0.15) is 0 Å². The number of amides is 1. The van der Waals surface area contributed by atoms with Gasteiger partial charge in [-0.3, -0.25) is 4.79 Å². The maximum atomic E-state index is 12.5. The zero-order chi connectivity index (χ0) is 16.4. The predicted octanol–water partition coefficient (Wildman–Crippen LogP) is 4.38. The van der Waals surface area contributed by atoms with Crippen molar-refractivity contribution in [2.45, 2.75) is 33.6 Å². The number of likely N-dealkylation sites (tertiary alicyclic amines) is 1. The molecule has 1 aromatic heterocycles. The number of thiazole rings is 1. The first-order chi connectivity index (χ1) is 11.0. The maximum Gasteiger partial charge on any atom is 0.273 e. The molecule has 2 heterocycles. The zero-order valence-electron chi connectivity index (χ0n) is 13.9. The van der Waals surface area contributed by atoms with Crippen molar-refractivity contribution in [1.82, 2.24) is 9.88 Å². The largest absolute Gasteiger partial charge is 0.337 e. The molecule has 1 saturated heterocycles. The van der Waals surface area contributed by atoms with Crippen LogP contribution < -0.4 is 5.32 Å². The number of carbonyl (C=O) groups excluding carboxylic acids is 1. The third-order valence-electron chi connectivity index (χ3n) is 4.27. The van der Waals surface area contributed by atoms with Crippen molar-refractivity contribution in [3.63, 3.8) is 0 Å². The van der Waals surface area contributed by atoms with E-state index in [0.29, 0.717) is 5.69 Å². The normalized spacial score (nSPS) is 15.7. The van der Waals surface area contributed by atoms with Crippen LogP contribution >= 0.6 is 11.3 Å². The van der Waals surface area contributed by atoms with Gasteiger partial charge in [0.25, 0.3) is 5.91 Å². The van der Waals surface area contributed by atoms with E-state index >= 15 is 0 Å². The summed E-state index contributed by atoms with van der Waals surface area (Å²) < 4.78 is 0. The van der Waals surface area contributed by atoms with Crippen LogP contribution in [0.15, 0.2) is 23.6 Å². The van der Waals surface area contributed by atoms with Crippen LogP contribution in [0.5, 0.6) is 0 Å². The Hall–Kier alpha value is -1.88. The van der Waals surface area contributed by atoms with E-state index in [0.717, 1.165) is 42.7 Å². The fraction of sp³-hybridized carbons (Fsp3) is 0.444. The smallest absolute Gasteiger partial charge is 0.273 e. The number of hydrogen-bond acceptors (Lipinski definition) is 4. The summed E-state index contributed by atoms with van der Waals surface area (Å²) in [6.07, 6.45) is 2.17. The molecule has 0 atom stereocenters. The molecule has 0 bridgehead atoms. The second-order valence-corrected chi connectivity index (χ2v) is 7.37. The van der Waals surface area contributed by atoms with E-state index in [4.69, 9.17) is 0 Å². The molecule has 0 saturated carbocycles. The van der Waals surface area contributed by atoms with Crippen molar-refractivity contribution < 1.29 is 4.79 Å². The Morgan fingerprint density at radius 2 is 1.87 bits per heavy atom. The van der Waals surface area contributed by atoms with Crippen molar-refractivity contribution in [3.8, 4) is 0 Å². The molecular formula is C18H23N3OS. The van der Waals surface area contributed by atoms with Gasteiger partial charge in [-0.05, 0) is 55.9 Å². The fourth-order valence-electron chi connectivity index (χ4n) is 2.97. The van der Waals surface area contributed by atoms with Crippen LogP contribution in [0.1, 0.15) is 41.4 Å². The van der Waals surface area contributed by atoms with Crippen LogP contribution in [0.3, 0.4) is 0 Å². The molecule has 0 spiro atoms. The average molecular weight is 329 g/mol. The summed E-state index contributed by atoms with van der Waals surface area (Å²) in [5.41, 5.74) is 3.99. The van der Waals surface area contributed by atoms with Crippen molar-refractivity contribution in [2.75, 3.05) is 18.4 Å². The Balaban J connectivity index is 1.69. The van der Waals surface area contributed by atoms with E-state index in [9.17, 15) is 4.79 Å². The second kappa shape index (κ2) is 6.71. The number of aromatic nitrogens is 1. The molecule has 0 radical (unpaired) electrons. The Morgan fingerprint density at radius 3 is 2.52 bits per heavy atom. The minimum atomic E-state index is 0.0571. The molecule has 23 heavy (non-hydrogen) atoms. The highest BCUT2D eigenvalue weighted by atomic mass is 32.1. The number of rotatable bonds is 3. The molecular weight excluding hydrogens is 306 g/mol. The number of benzene rings is 1. The first-order valence-electron chi connectivity index (χ1n) is 8.11. The predicted molar refractivity (Wildman–Crippen MR) is 95.6 cm³/mol. The van der Waals surface area contributed by atoms with E-state index in [1.54, 1.807) is 0 Å². The topological polar surface area (TPSA) is 45.2 Å². The molecule has 1 N–H and O–H groups in total. The van der Waals surface area contributed by atoms with Gasteiger partial charge in [-0.1, -0.05) is 13.0 Å². The summed E-state index contributed by atoms with van der Waals surface area (Å²) in [4.78, 5) is 18.9. The fourth-order valence-corrected chi connectivity index (χ4v) is 3.68. The number of nitrogens with zero attached hydrogens (tertiary/aromatic N) is 2. The first-order valence-corrected chi connectivity index (χ1v) is 8.99. The summed E-state index contributed by atoms with van der Waals surface area (Å²) in [5, 5.41) is 5.93. The highest BCUT2D eigenvalue weighted by molar-refractivity contribution is 7.14. The monoisotopic (exact) mass is 329 g/mol. The summed E-state index contributed by atoms with van der Waals surface area (Å²) >= 11 is 1.48. The second-order valence-electron chi connectivity index (χ2n) is 6.51. The van der Waals surface area contributed by atoms with E-state index in [2.05, 4.69) is 49.3 Å². The summed E-state index contributed by atoms with van der Waals surface area (Å²) in [7, 11) is 0. The number of anilines is 2. The minimum Gasteiger partial charge on any atom is -0.337 e. The Kier molecular flexibility index (Phi) is 4.66. The average Bonchev–Trinajstić information content (AvgIpc) is 2.94. The molecule has 5 heteroatoms. The lowest BCUT2D eigenvalue weighted by atomic mass is 9.99. The van der Waals surface area contributed by atoms with Crippen LogP contribution in [0.2, 0.25) is 0 Å². The molecule has 1 fully saturated rings. The van der Waals surface area contributed by atoms with Gasteiger partial charge in [0.15, 0.2) is 5.13 Å². The Morgan fingerprint density at radius 1 is 1.22 bits per heavy atom. The molecule has 1 aromatic carbocycles. The van der Waals surface area contributed by atoms with E-state index in [-0.39, 0.29) is 5.91 Å². The SMILES string of the molecule is Cc1cc(C)cc(Nc2nc(C(=O)N3CCC(C)CC3)cs2)c1. The van der Waals surface area contributed by atoms with Crippen LogP contribution in [0.25, 0.3) is 0 Å². The van der Waals surface area contributed by atoms with E-state index in [1.807, 2.05) is 10.3 Å². The van der Waals surface area contributed by atoms with Gasteiger partial charge >= 0.3 is 0 Å². The summed E-state index contributed by atoms with van der Waals surface area (Å²) in [6, 6.07) is 6.31.